The fraction of sp³-hybridized carbons (Fsp3) is 0.357. The Morgan fingerprint density at radius 3 is 2.53 bits per heavy atom. The quantitative estimate of drug-likeness (QED) is 0.756. The van der Waals surface area contributed by atoms with Crippen molar-refractivity contribution in [3.05, 3.63) is 53.9 Å². The number of nitrogens with one attached hydrogen (secondary N) is 1. The van der Waals surface area contributed by atoms with Crippen molar-refractivity contribution in [3.8, 4) is 0 Å². The van der Waals surface area contributed by atoms with Crippen molar-refractivity contribution in [3.63, 3.8) is 0 Å². The van der Waals surface area contributed by atoms with Crippen LogP contribution in [0.25, 0.3) is 0 Å². The van der Waals surface area contributed by atoms with E-state index in [0.29, 0.717) is 6.61 Å². The molecule has 0 aliphatic heterocycles. The highest BCUT2D eigenvalue weighted by molar-refractivity contribution is 5.16. The Bertz CT molecular complexity index is 473. The summed E-state index contributed by atoms with van der Waals surface area (Å²) in [6.07, 6.45) is 8.03. The maximum atomic E-state index is 4.97. The first kappa shape index (κ1) is 13.6. The van der Waals surface area contributed by atoms with Crippen LogP contribution >= 0.6 is 0 Å². The van der Waals surface area contributed by atoms with Gasteiger partial charge in [-0.15, -0.1) is 0 Å². The molecule has 0 aliphatic carbocycles. The molecule has 100 valence electrons. The fourth-order valence-electron chi connectivity index (χ4n) is 1.65. The molecule has 0 unspecified atom stereocenters. The molecular weight excluding hydrogens is 240 g/mol. The molecule has 0 fully saturated rings. The molecule has 2 heterocycles. The van der Waals surface area contributed by atoms with Gasteiger partial charge in [0.15, 0.2) is 0 Å². The van der Waals surface area contributed by atoms with Crippen LogP contribution in [0.2, 0.25) is 0 Å². The predicted octanol–water partition coefficient (Wildman–Crippen LogP) is 1.20. The summed E-state index contributed by atoms with van der Waals surface area (Å²) in [7, 11) is 1.69. The van der Waals surface area contributed by atoms with E-state index in [2.05, 4.69) is 20.3 Å². The summed E-state index contributed by atoms with van der Waals surface area (Å²) in [5.74, 6) is 0.826. The highest BCUT2D eigenvalue weighted by Gasteiger charge is 2.00. The van der Waals surface area contributed by atoms with Crippen LogP contribution < -0.4 is 5.32 Å². The Balaban J connectivity index is 1.84. The van der Waals surface area contributed by atoms with Gasteiger partial charge >= 0.3 is 0 Å². The van der Waals surface area contributed by atoms with E-state index in [1.807, 2.05) is 24.5 Å². The van der Waals surface area contributed by atoms with Crippen LogP contribution in [0.3, 0.4) is 0 Å². The number of hydrogen-bond acceptors (Lipinski definition) is 5. The van der Waals surface area contributed by atoms with Crippen molar-refractivity contribution in [2.45, 2.75) is 13.0 Å². The van der Waals surface area contributed by atoms with Gasteiger partial charge in [0, 0.05) is 57.0 Å². The molecule has 2 rings (SSSR count). The Kier molecular flexibility index (Phi) is 5.40. The predicted molar refractivity (Wildman–Crippen MR) is 72.7 cm³/mol. The van der Waals surface area contributed by atoms with Gasteiger partial charge < -0.3 is 10.1 Å². The van der Waals surface area contributed by atoms with Gasteiger partial charge in [-0.25, -0.2) is 9.97 Å². The van der Waals surface area contributed by atoms with E-state index in [-0.39, 0.29) is 0 Å². The van der Waals surface area contributed by atoms with Crippen LogP contribution in [0, 0.1) is 0 Å². The van der Waals surface area contributed by atoms with Crippen LogP contribution in [0.15, 0.2) is 36.9 Å². The lowest BCUT2D eigenvalue weighted by molar-refractivity contribution is 0.199. The lowest BCUT2D eigenvalue weighted by Gasteiger charge is -2.04. The molecule has 0 saturated heterocycles. The first-order valence-electron chi connectivity index (χ1n) is 6.27. The minimum atomic E-state index is 0.709. The summed E-state index contributed by atoms with van der Waals surface area (Å²) in [6, 6.07) is 3.95. The second kappa shape index (κ2) is 7.56. The molecule has 0 aliphatic rings. The van der Waals surface area contributed by atoms with E-state index < -0.39 is 0 Å². The molecule has 5 heteroatoms. The molecule has 5 nitrogen and oxygen atoms in total. The lowest BCUT2D eigenvalue weighted by atomic mass is 10.2. The molecule has 0 amide bonds. The summed E-state index contributed by atoms with van der Waals surface area (Å²) in [6.45, 7) is 2.30. The summed E-state index contributed by atoms with van der Waals surface area (Å²) in [5, 5.41) is 3.26. The highest BCUT2D eigenvalue weighted by Crippen LogP contribution is 2.04. The summed E-state index contributed by atoms with van der Waals surface area (Å²) < 4.78 is 4.97. The topological polar surface area (TPSA) is 59.9 Å². The van der Waals surface area contributed by atoms with Crippen molar-refractivity contribution in [2.24, 2.45) is 0 Å². The number of methoxy groups -OCH3 is 1. The lowest BCUT2D eigenvalue weighted by Crippen LogP contribution is -2.18. The van der Waals surface area contributed by atoms with E-state index in [1.165, 1.54) is 5.56 Å². The minimum absolute atomic E-state index is 0.709. The average molecular weight is 258 g/mol. The van der Waals surface area contributed by atoms with Crippen LogP contribution in [-0.4, -0.2) is 35.2 Å². The van der Waals surface area contributed by atoms with Crippen molar-refractivity contribution < 1.29 is 4.74 Å². The first-order valence-corrected chi connectivity index (χ1v) is 6.27. The molecule has 0 bridgehead atoms. The molecule has 0 spiro atoms. The first-order chi connectivity index (χ1) is 9.38. The van der Waals surface area contributed by atoms with Gasteiger partial charge in [0.05, 0.1) is 6.61 Å². The maximum Gasteiger partial charge on any atom is 0.132 e. The fourth-order valence-corrected chi connectivity index (χ4v) is 1.65. The second-order valence-electron chi connectivity index (χ2n) is 4.21. The Labute approximate surface area is 113 Å². The molecule has 19 heavy (non-hydrogen) atoms. The third-order valence-electron chi connectivity index (χ3n) is 2.68. The third-order valence-corrected chi connectivity index (χ3v) is 2.68. The number of hydrogen-bond donors (Lipinski definition) is 1. The van der Waals surface area contributed by atoms with E-state index in [0.717, 1.165) is 30.9 Å². The van der Waals surface area contributed by atoms with Crippen LogP contribution in [0.5, 0.6) is 0 Å². The molecular formula is C14H18N4O. The summed E-state index contributed by atoms with van der Waals surface area (Å²) in [5.41, 5.74) is 2.25. The van der Waals surface area contributed by atoms with E-state index in [9.17, 15) is 0 Å². The molecule has 0 radical (unpaired) electrons. The van der Waals surface area contributed by atoms with Crippen LogP contribution in [0.1, 0.15) is 17.0 Å². The van der Waals surface area contributed by atoms with E-state index in [4.69, 9.17) is 4.74 Å². The van der Waals surface area contributed by atoms with Crippen molar-refractivity contribution in [2.75, 3.05) is 20.3 Å². The van der Waals surface area contributed by atoms with Crippen LogP contribution in [0.4, 0.5) is 0 Å². The largest absolute Gasteiger partial charge is 0.383 e. The Hall–Kier alpha value is -1.85. The highest BCUT2D eigenvalue weighted by atomic mass is 16.5. The summed E-state index contributed by atoms with van der Waals surface area (Å²) in [4.78, 5) is 12.7. The maximum absolute atomic E-state index is 4.97. The molecule has 2 aromatic rings. The molecule has 0 saturated carbocycles. The number of rotatable bonds is 7. The zero-order valence-electron chi connectivity index (χ0n) is 11.0. The van der Waals surface area contributed by atoms with Crippen molar-refractivity contribution >= 4 is 0 Å². The number of nitrogens with zero attached hydrogens (tertiary/aromatic N) is 3. The zero-order valence-corrected chi connectivity index (χ0v) is 11.0. The number of pyridine rings is 1. The monoisotopic (exact) mass is 258 g/mol. The smallest absolute Gasteiger partial charge is 0.132 e. The molecule has 1 N–H and O–H groups in total. The van der Waals surface area contributed by atoms with Gasteiger partial charge in [0.25, 0.3) is 0 Å². The van der Waals surface area contributed by atoms with E-state index in [1.54, 1.807) is 19.5 Å². The van der Waals surface area contributed by atoms with Gasteiger partial charge in [-0.05, 0) is 17.7 Å². The molecule has 2 aromatic heterocycles. The number of ether oxygens (including phenoxy) is 1. The van der Waals surface area contributed by atoms with Gasteiger partial charge in [-0.3, -0.25) is 4.98 Å². The zero-order chi connectivity index (χ0) is 13.3. The Morgan fingerprint density at radius 1 is 1.11 bits per heavy atom. The normalized spacial score (nSPS) is 10.6. The van der Waals surface area contributed by atoms with Crippen molar-refractivity contribution in [1.82, 2.24) is 20.3 Å². The number of aromatic nitrogens is 3. The molecule has 0 aromatic carbocycles. The van der Waals surface area contributed by atoms with Crippen molar-refractivity contribution in [1.29, 1.82) is 0 Å². The Morgan fingerprint density at radius 2 is 1.84 bits per heavy atom. The standard InChI is InChI=1S/C14H18N4O/c1-19-7-6-16-9-13-10-17-14(18-11-13)8-12-2-4-15-5-3-12/h2-5,10-11,16H,6-9H2,1H3. The van der Waals surface area contributed by atoms with Gasteiger partial charge in [0.1, 0.15) is 5.82 Å². The van der Waals surface area contributed by atoms with Gasteiger partial charge in [-0.2, -0.15) is 0 Å². The average Bonchev–Trinajstić information content (AvgIpc) is 2.46. The van der Waals surface area contributed by atoms with Crippen LogP contribution in [-0.2, 0) is 17.7 Å². The van der Waals surface area contributed by atoms with Gasteiger partial charge in [0.2, 0.25) is 0 Å². The third kappa shape index (κ3) is 4.73. The molecule has 0 atom stereocenters. The van der Waals surface area contributed by atoms with E-state index >= 15 is 0 Å². The second-order valence-corrected chi connectivity index (χ2v) is 4.21. The van der Waals surface area contributed by atoms with Gasteiger partial charge in [-0.1, -0.05) is 0 Å². The summed E-state index contributed by atoms with van der Waals surface area (Å²) >= 11 is 0. The minimum Gasteiger partial charge on any atom is -0.383 e. The SMILES string of the molecule is COCCNCc1cnc(Cc2ccncc2)nc1.